The minimum atomic E-state index is 0.292. The van der Waals surface area contributed by atoms with Crippen LogP contribution in [0.15, 0.2) is 24.3 Å². The number of hydrogen-bond acceptors (Lipinski definition) is 5. The molecule has 25 heavy (non-hydrogen) atoms. The van der Waals surface area contributed by atoms with Gasteiger partial charge in [0.1, 0.15) is 5.75 Å². The van der Waals surface area contributed by atoms with Crippen LogP contribution < -0.4 is 5.32 Å². The molecular formula is C19H26N4O2. The van der Waals surface area contributed by atoms with E-state index in [0.29, 0.717) is 5.75 Å². The third-order valence-corrected chi connectivity index (χ3v) is 5.10. The molecule has 0 amide bonds. The van der Waals surface area contributed by atoms with Gasteiger partial charge in [-0.05, 0) is 30.7 Å². The summed E-state index contributed by atoms with van der Waals surface area (Å²) < 4.78 is 7.62. The van der Waals surface area contributed by atoms with Crippen LogP contribution in [0.5, 0.6) is 5.75 Å². The smallest absolute Gasteiger partial charge is 0.115 e. The monoisotopic (exact) mass is 342 g/mol. The predicted molar refractivity (Wildman–Crippen MR) is 96.6 cm³/mol. The highest BCUT2D eigenvalue weighted by Gasteiger charge is 2.21. The highest BCUT2D eigenvalue weighted by atomic mass is 16.5. The molecule has 134 valence electrons. The predicted octanol–water partition coefficient (Wildman–Crippen LogP) is 1.62. The molecular weight excluding hydrogens is 316 g/mol. The van der Waals surface area contributed by atoms with E-state index in [0.717, 1.165) is 76.6 Å². The number of ether oxygens (including phenoxy) is 1. The lowest BCUT2D eigenvalue weighted by molar-refractivity contribution is 0.0368. The average Bonchev–Trinajstić information content (AvgIpc) is 3.02. The summed E-state index contributed by atoms with van der Waals surface area (Å²) in [4.78, 5) is 2.47. The number of nitrogens with zero attached hydrogens (tertiary/aromatic N) is 3. The molecule has 2 aliphatic rings. The van der Waals surface area contributed by atoms with Gasteiger partial charge in [-0.3, -0.25) is 9.58 Å². The number of rotatable bonds is 5. The fourth-order valence-electron chi connectivity index (χ4n) is 3.72. The van der Waals surface area contributed by atoms with E-state index in [1.54, 1.807) is 12.1 Å². The highest BCUT2D eigenvalue weighted by molar-refractivity contribution is 5.65. The Labute approximate surface area is 148 Å². The van der Waals surface area contributed by atoms with E-state index in [1.165, 1.54) is 11.3 Å². The Bertz CT molecular complexity index is 705. The van der Waals surface area contributed by atoms with Gasteiger partial charge in [-0.25, -0.2) is 0 Å². The molecule has 1 aromatic carbocycles. The number of morpholine rings is 1. The van der Waals surface area contributed by atoms with Crippen molar-refractivity contribution in [2.24, 2.45) is 0 Å². The summed E-state index contributed by atoms with van der Waals surface area (Å²) in [6.07, 6.45) is 2.13. The summed E-state index contributed by atoms with van der Waals surface area (Å²) >= 11 is 0. The van der Waals surface area contributed by atoms with E-state index >= 15 is 0 Å². The van der Waals surface area contributed by atoms with Gasteiger partial charge in [0.15, 0.2) is 0 Å². The van der Waals surface area contributed by atoms with Crippen molar-refractivity contribution in [2.45, 2.75) is 25.9 Å². The number of benzene rings is 1. The Morgan fingerprint density at radius 2 is 1.92 bits per heavy atom. The molecule has 0 atom stereocenters. The summed E-state index contributed by atoms with van der Waals surface area (Å²) in [5, 5.41) is 17.9. The Hall–Kier alpha value is -1.89. The Kier molecular flexibility index (Phi) is 5.01. The first kappa shape index (κ1) is 16.6. The zero-order valence-electron chi connectivity index (χ0n) is 14.6. The minimum absolute atomic E-state index is 0.292. The molecule has 2 N–H and O–H groups in total. The molecule has 2 aromatic rings. The van der Waals surface area contributed by atoms with Crippen molar-refractivity contribution >= 4 is 0 Å². The molecule has 0 radical (unpaired) electrons. The Balaban J connectivity index is 1.50. The van der Waals surface area contributed by atoms with Crippen LogP contribution in [0.1, 0.15) is 17.7 Å². The third kappa shape index (κ3) is 3.71. The van der Waals surface area contributed by atoms with Crippen LogP contribution in [0.2, 0.25) is 0 Å². The van der Waals surface area contributed by atoms with Crippen LogP contribution in [0.25, 0.3) is 11.3 Å². The van der Waals surface area contributed by atoms with E-state index in [1.807, 2.05) is 12.1 Å². The van der Waals surface area contributed by atoms with Gasteiger partial charge in [0.2, 0.25) is 0 Å². The summed E-state index contributed by atoms with van der Waals surface area (Å²) in [5.41, 5.74) is 4.80. The second-order valence-corrected chi connectivity index (χ2v) is 6.78. The molecule has 0 spiro atoms. The van der Waals surface area contributed by atoms with Gasteiger partial charge in [0.25, 0.3) is 0 Å². The number of hydrogen-bond donors (Lipinski definition) is 2. The van der Waals surface area contributed by atoms with E-state index in [-0.39, 0.29) is 0 Å². The van der Waals surface area contributed by atoms with Crippen molar-refractivity contribution in [3.63, 3.8) is 0 Å². The summed E-state index contributed by atoms with van der Waals surface area (Å²) in [5.74, 6) is 0.292. The lowest BCUT2D eigenvalue weighted by Gasteiger charge is -2.26. The number of phenolic OH excluding ortho intramolecular Hbond substituents is 1. The second kappa shape index (κ2) is 7.56. The molecule has 4 rings (SSSR count). The van der Waals surface area contributed by atoms with Gasteiger partial charge < -0.3 is 15.2 Å². The molecule has 0 aliphatic carbocycles. The van der Waals surface area contributed by atoms with Crippen LogP contribution in [0.3, 0.4) is 0 Å². The molecule has 6 nitrogen and oxygen atoms in total. The lowest BCUT2D eigenvalue weighted by Crippen LogP contribution is -2.37. The molecule has 0 unspecified atom stereocenters. The number of nitrogens with one attached hydrogen (secondary N) is 1. The van der Waals surface area contributed by atoms with Gasteiger partial charge in [0.05, 0.1) is 18.9 Å². The van der Waals surface area contributed by atoms with Crippen molar-refractivity contribution in [3.05, 3.63) is 35.5 Å². The van der Waals surface area contributed by atoms with Gasteiger partial charge in [-0.2, -0.15) is 5.10 Å². The van der Waals surface area contributed by atoms with Crippen LogP contribution in [-0.4, -0.2) is 59.2 Å². The normalized spacial score (nSPS) is 18.2. The second-order valence-electron chi connectivity index (χ2n) is 6.78. The van der Waals surface area contributed by atoms with Crippen LogP contribution in [0, 0.1) is 0 Å². The maximum atomic E-state index is 9.54. The lowest BCUT2D eigenvalue weighted by atomic mass is 10.0. The molecule has 0 saturated carbocycles. The molecule has 1 aromatic heterocycles. The fourth-order valence-corrected chi connectivity index (χ4v) is 3.72. The number of phenols is 1. The zero-order valence-corrected chi connectivity index (χ0v) is 14.6. The molecule has 3 heterocycles. The summed E-state index contributed by atoms with van der Waals surface area (Å²) in [6.45, 7) is 7.73. The van der Waals surface area contributed by atoms with Crippen LogP contribution >= 0.6 is 0 Å². The third-order valence-electron chi connectivity index (χ3n) is 5.10. The standard InChI is InChI=1S/C19H26N4O2/c24-16-4-2-15(3-5-16)19-17-14-20-7-6-18(17)23(21-19)9-1-8-22-10-12-25-13-11-22/h2-5,20,24H,1,6-14H2. The van der Waals surface area contributed by atoms with Gasteiger partial charge in [0, 0.05) is 62.5 Å². The number of fused-ring (bicyclic) bond motifs is 1. The maximum absolute atomic E-state index is 9.54. The van der Waals surface area contributed by atoms with Crippen molar-refractivity contribution in [1.82, 2.24) is 20.0 Å². The SMILES string of the molecule is Oc1ccc(-c2nn(CCCN3CCOCC3)c3c2CNCC3)cc1. The number of aryl methyl sites for hydroxylation is 1. The molecule has 0 bridgehead atoms. The Morgan fingerprint density at radius 3 is 2.72 bits per heavy atom. The molecule has 1 fully saturated rings. The van der Waals surface area contributed by atoms with Crippen molar-refractivity contribution in [1.29, 1.82) is 0 Å². The van der Waals surface area contributed by atoms with Crippen molar-refractivity contribution in [2.75, 3.05) is 39.4 Å². The summed E-state index contributed by atoms with van der Waals surface area (Å²) in [7, 11) is 0. The van der Waals surface area contributed by atoms with Gasteiger partial charge in [-0.15, -0.1) is 0 Å². The Morgan fingerprint density at radius 1 is 1.12 bits per heavy atom. The largest absolute Gasteiger partial charge is 0.508 e. The van der Waals surface area contributed by atoms with E-state index in [2.05, 4.69) is 14.9 Å². The highest BCUT2D eigenvalue weighted by Crippen LogP contribution is 2.29. The quantitative estimate of drug-likeness (QED) is 0.865. The van der Waals surface area contributed by atoms with E-state index in [4.69, 9.17) is 9.84 Å². The van der Waals surface area contributed by atoms with Crippen molar-refractivity contribution in [3.8, 4) is 17.0 Å². The number of aromatic nitrogens is 2. The molecule has 6 heteroatoms. The van der Waals surface area contributed by atoms with E-state index in [9.17, 15) is 5.11 Å². The topological polar surface area (TPSA) is 62.6 Å². The molecule has 1 saturated heterocycles. The van der Waals surface area contributed by atoms with Gasteiger partial charge in [-0.1, -0.05) is 0 Å². The van der Waals surface area contributed by atoms with Crippen LogP contribution in [0.4, 0.5) is 0 Å². The van der Waals surface area contributed by atoms with Crippen LogP contribution in [-0.2, 0) is 24.2 Å². The van der Waals surface area contributed by atoms with E-state index < -0.39 is 0 Å². The zero-order chi connectivity index (χ0) is 17.1. The maximum Gasteiger partial charge on any atom is 0.115 e. The first-order valence-electron chi connectivity index (χ1n) is 9.20. The van der Waals surface area contributed by atoms with Crippen molar-refractivity contribution < 1.29 is 9.84 Å². The average molecular weight is 342 g/mol. The molecule has 2 aliphatic heterocycles. The fraction of sp³-hybridized carbons (Fsp3) is 0.526. The minimum Gasteiger partial charge on any atom is -0.508 e. The summed E-state index contributed by atoms with van der Waals surface area (Å²) in [6, 6.07) is 7.36. The first-order valence-corrected chi connectivity index (χ1v) is 9.20. The van der Waals surface area contributed by atoms with Gasteiger partial charge >= 0.3 is 0 Å². The first-order chi connectivity index (χ1) is 12.3. The number of aromatic hydroxyl groups is 1.